The number of carbonyl (C=O) groups excluding carboxylic acids is 1. The van der Waals surface area contributed by atoms with Gasteiger partial charge in [0.1, 0.15) is 5.75 Å². The summed E-state index contributed by atoms with van der Waals surface area (Å²) in [7, 11) is 1.66. The summed E-state index contributed by atoms with van der Waals surface area (Å²) >= 11 is 0. The summed E-state index contributed by atoms with van der Waals surface area (Å²) in [6.45, 7) is 3.51. The molecule has 2 aliphatic rings. The molecule has 1 aromatic heterocycles. The van der Waals surface area contributed by atoms with E-state index in [4.69, 9.17) is 14.6 Å². The van der Waals surface area contributed by atoms with Gasteiger partial charge < -0.3 is 14.4 Å². The summed E-state index contributed by atoms with van der Waals surface area (Å²) in [6, 6.07) is 10.0. The molecule has 6 heteroatoms. The standard InChI is InChI=1S/C19H23N3O3/c1-24-17-5-3-14(4-6-17)18-11-16-12-21(8-2-9-22(16)20-18)19(23)15-7-10-25-13-15/h3-6,11,15H,2,7-10,12-13H2,1H3/t15-/m1/s1. The first-order valence-corrected chi connectivity index (χ1v) is 8.82. The van der Waals surface area contributed by atoms with Crippen molar-refractivity contribution in [1.82, 2.24) is 14.7 Å². The van der Waals surface area contributed by atoms with E-state index in [1.165, 1.54) is 0 Å². The van der Waals surface area contributed by atoms with Gasteiger partial charge in [-0.3, -0.25) is 9.48 Å². The molecule has 3 heterocycles. The number of benzene rings is 1. The highest BCUT2D eigenvalue weighted by molar-refractivity contribution is 5.79. The van der Waals surface area contributed by atoms with Gasteiger partial charge in [0.15, 0.2) is 0 Å². The molecule has 0 spiro atoms. The third-order valence-electron chi connectivity index (χ3n) is 4.99. The van der Waals surface area contributed by atoms with E-state index >= 15 is 0 Å². The maximum atomic E-state index is 12.7. The number of aryl methyl sites for hydroxylation is 1. The van der Waals surface area contributed by atoms with E-state index in [1.807, 2.05) is 33.8 Å². The smallest absolute Gasteiger partial charge is 0.228 e. The molecular formula is C19H23N3O3. The molecule has 0 unspecified atom stereocenters. The Hall–Kier alpha value is -2.34. The van der Waals surface area contributed by atoms with Crippen molar-refractivity contribution < 1.29 is 14.3 Å². The van der Waals surface area contributed by atoms with Gasteiger partial charge in [-0.25, -0.2) is 0 Å². The van der Waals surface area contributed by atoms with Crippen LogP contribution in [-0.2, 0) is 22.6 Å². The topological polar surface area (TPSA) is 56.6 Å². The SMILES string of the molecule is COc1ccc(-c2cc3n(n2)CCCN(C(=O)[C@@H]2CCOC2)C3)cc1. The molecule has 0 radical (unpaired) electrons. The second-order valence-electron chi connectivity index (χ2n) is 6.65. The average molecular weight is 341 g/mol. The minimum Gasteiger partial charge on any atom is -0.497 e. The van der Waals surface area contributed by atoms with E-state index in [0.29, 0.717) is 19.8 Å². The number of methoxy groups -OCH3 is 1. The van der Waals surface area contributed by atoms with Crippen molar-refractivity contribution in [3.63, 3.8) is 0 Å². The Morgan fingerprint density at radius 3 is 2.84 bits per heavy atom. The molecular weight excluding hydrogens is 318 g/mol. The molecule has 0 bridgehead atoms. The Morgan fingerprint density at radius 1 is 1.28 bits per heavy atom. The van der Waals surface area contributed by atoms with E-state index < -0.39 is 0 Å². The zero-order chi connectivity index (χ0) is 17.2. The zero-order valence-electron chi connectivity index (χ0n) is 14.5. The average Bonchev–Trinajstić information content (AvgIpc) is 3.27. The first kappa shape index (κ1) is 16.1. The number of carbonyl (C=O) groups is 1. The first-order valence-electron chi connectivity index (χ1n) is 8.82. The van der Waals surface area contributed by atoms with Crippen LogP contribution in [0.3, 0.4) is 0 Å². The van der Waals surface area contributed by atoms with Gasteiger partial charge in [0.05, 0.1) is 37.6 Å². The van der Waals surface area contributed by atoms with E-state index in [1.54, 1.807) is 7.11 Å². The summed E-state index contributed by atoms with van der Waals surface area (Å²) in [6.07, 6.45) is 1.77. The number of rotatable bonds is 3. The fourth-order valence-electron chi connectivity index (χ4n) is 3.54. The zero-order valence-corrected chi connectivity index (χ0v) is 14.5. The lowest BCUT2D eigenvalue weighted by molar-refractivity contribution is -0.136. The van der Waals surface area contributed by atoms with Gasteiger partial charge >= 0.3 is 0 Å². The fraction of sp³-hybridized carbons (Fsp3) is 0.474. The molecule has 6 nitrogen and oxygen atoms in total. The van der Waals surface area contributed by atoms with Crippen LogP contribution in [0, 0.1) is 5.92 Å². The van der Waals surface area contributed by atoms with Crippen molar-refractivity contribution in [2.75, 3.05) is 26.9 Å². The Balaban J connectivity index is 1.54. The van der Waals surface area contributed by atoms with Crippen molar-refractivity contribution in [2.24, 2.45) is 5.92 Å². The van der Waals surface area contributed by atoms with Crippen LogP contribution in [0.15, 0.2) is 30.3 Å². The highest BCUT2D eigenvalue weighted by atomic mass is 16.5. The van der Waals surface area contributed by atoms with Crippen LogP contribution >= 0.6 is 0 Å². The van der Waals surface area contributed by atoms with Gasteiger partial charge in [-0.1, -0.05) is 0 Å². The van der Waals surface area contributed by atoms with E-state index in [0.717, 1.165) is 48.6 Å². The van der Waals surface area contributed by atoms with Gasteiger partial charge in [-0.15, -0.1) is 0 Å². The highest BCUT2D eigenvalue weighted by Crippen LogP contribution is 2.25. The van der Waals surface area contributed by atoms with E-state index in [-0.39, 0.29) is 11.8 Å². The molecule has 1 amide bonds. The maximum absolute atomic E-state index is 12.7. The quantitative estimate of drug-likeness (QED) is 0.860. The number of amides is 1. The number of aromatic nitrogens is 2. The van der Waals surface area contributed by atoms with Crippen LogP contribution in [0.5, 0.6) is 5.75 Å². The molecule has 0 saturated carbocycles. The summed E-state index contributed by atoms with van der Waals surface area (Å²) in [5.74, 6) is 1.08. The van der Waals surface area contributed by atoms with Crippen molar-refractivity contribution in [1.29, 1.82) is 0 Å². The van der Waals surface area contributed by atoms with E-state index in [2.05, 4.69) is 6.07 Å². The first-order chi connectivity index (χ1) is 12.2. The lowest BCUT2D eigenvalue weighted by atomic mass is 10.1. The van der Waals surface area contributed by atoms with Gasteiger partial charge in [0.25, 0.3) is 0 Å². The third kappa shape index (κ3) is 3.26. The molecule has 1 atom stereocenters. The van der Waals surface area contributed by atoms with Gasteiger partial charge in [-0.2, -0.15) is 5.10 Å². The minimum atomic E-state index is 0.0236. The number of ether oxygens (including phenoxy) is 2. The Kier molecular flexibility index (Phi) is 4.44. The molecule has 1 aromatic carbocycles. The summed E-state index contributed by atoms with van der Waals surface area (Å²) < 4.78 is 12.6. The van der Waals surface area contributed by atoms with E-state index in [9.17, 15) is 4.79 Å². The molecule has 132 valence electrons. The lowest BCUT2D eigenvalue weighted by Gasteiger charge is -2.22. The van der Waals surface area contributed by atoms with Crippen LogP contribution < -0.4 is 4.74 Å². The Morgan fingerprint density at radius 2 is 2.12 bits per heavy atom. The second-order valence-corrected chi connectivity index (χ2v) is 6.65. The lowest BCUT2D eigenvalue weighted by Crippen LogP contribution is -2.36. The highest BCUT2D eigenvalue weighted by Gasteiger charge is 2.29. The Bertz CT molecular complexity index is 748. The van der Waals surface area contributed by atoms with Gasteiger partial charge in [-0.05, 0) is 43.2 Å². The predicted molar refractivity (Wildman–Crippen MR) is 93.2 cm³/mol. The largest absolute Gasteiger partial charge is 0.497 e. The fourth-order valence-corrected chi connectivity index (χ4v) is 3.54. The normalized spacial score (nSPS) is 20.2. The summed E-state index contributed by atoms with van der Waals surface area (Å²) in [5, 5.41) is 4.74. The summed E-state index contributed by atoms with van der Waals surface area (Å²) in [5.41, 5.74) is 3.09. The second kappa shape index (κ2) is 6.88. The minimum absolute atomic E-state index is 0.0236. The summed E-state index contributed by atoms with van der Waals surface area (Å²) in [4.78, 5) is 14.7. The van der Waals surface area contributed by atoms with Crippen LogP contribution in [0.2, 0.25) is 0 Å². The van der Waals surface area contributed by atoms with Gasteiger partial charge in [0.2, 0.25) is 5.91 Å². The monoisotopic (exact) mass is 341 g/mol. The number of fused-ring (bicyclic) bond motifs is 1. The van der Waals surface area contributed by atoms with Crippen LogP contribution in [0.1, 0.15) is 18.5 Å². The molecule has 2 aliphatic heterocycles. The molecule has 4 rings (SSSR count). The van der Waals surface area contributed by atoms with Gasteiger partial charge in [0, 0.05) is 25.3 Å². The molecule has 1 fully saturated rings. The maximum Gasteiger partial charge on any atom is 0.228 e. The van der Waals surface area contributed by atoms with Crippen molar-refractivity contribution in [2.45, 2.75) is 25.9 Å². The Labute approximate surface area is 147 Å². The van der Waals surface area contributed by atoms with Crippen molar-refractivity contribution in [3.05, 3.63) is 36.0 Å². The molecule has 0 aliphatic carbocycles. The number of hydrogen-bond donors (Lipinski definition) is 0. The van der Waals surface area contributed by atoms with Crippen LogP contribution in [-0.4, -0.2) is 47.5 Å². The third-order valence-corrected chi connectivity index (χ3v) is 4.99. The molecule has 0 N–H and O–H groups in total. The van der Waals surface area contributed by atoms with Crippen LogP contribution in [0.25, 0.3) is 11.3 Å². The van der Waals surface area contributed by atoms with Crippen molar-refractivity contribution >= 4 is 5.91 Å². The number of nitrogens with zero attached hydrogens (tertiary/aromatic N) is 3. The molecule has 1 saturated heterocycles. The predicted octanol–water partition coefficient (Wildman–Crippen LogP) is 2.33. The molecule has 25 heavy (non-hydrogen) atoms. The molecule has 2 aromatic rings. The van der Waals surface area contributed by atoms with Crippen molar-refractivity contribution in [3.8, 4) is 17.0 Å². The van der Waals surface area contributed by atoms with Crippen LogP contribution in [0.4, 0.5) is 0 Å². The number of hydrogen-bond acceptors (Lipinski definition) is 4.